The van der Waals surface area contributed by atoms with Crippen LogP contribution in [0.25, 0.3) is 0 Å². The summed E-state index contributed by atoms with van der Waals surface area (Å²) in [4.78, 5) is 0. The zero-order valence-corrected chi connectivity index (χ0v) is 9.69. The van der Waals surface area contributed by atoms with Crippen LogP contribution in [0.5, 0.6) is 0 Å². The molecule has 1 rings (SSSR count). The third-order valence-electron chi connectivity index (χ3n) is 3.25. The summed E-state index contributed by atoms with van der Waals surface area (Å²) in [5.74, 6) is 0.916. The first-order valence-corrected chi connectivity index (χ1v) is 5.72. The second kappa shape index (κ2) is 4.30. The lowest BCUT2D eigenvalue weighted by molar-refractivity contribution is 0.216. The van der Waals surface area contributed by atoms with Crippen molar-refractivity contribution < 1.29 is 0 Å². The molecule has 0 aromatic carbocycles. The fourth-order valence-corrected chi connectivity index (χ4v) is 2.25. The molecule has 0 radical (unpaired) electrons. The van der Waals surface area contributed by atoms with Gasteiger partial charge in [-0.25, -0.2) is 0 Å². The molecule has 76 valence electrons. The fourth-order valence-electron chi connectivity index (χ4n) is 2.25. The molecule has 0 heteroatoms. The Morgan fingerprint density at radius 3 is 2.62 bits per heavy atom. The van der Waals surface area contributed by atoms with E-state index in [9.17, 15) is 0 Å². The molecule has 0 saturated heterocycles. The van der Waals surface area contributed by atoms with Crippen LogP contribution in [0, 0.1) is 11.3 Å². The standard InChI is InChI=1S/C13H24/c1-5-7-11-8-6-9-12(10-11)13(2,3)4/h8,12H,5-7,9-10H2,1-4H3. The SMILES string of the molecule is CCCC1=CCCC(C(C)(C)C)C1. The van der Waals surface area contributed by atoms with Crippen molar-refractivity contribution in [3.63, 3.8) is 0 Å². The van der Waals surface area contributed by atoms with Crippen LogP contribution in [0.15, 0.2) is 11.6 Å². The largest absolute Gasteiger partial charge is 0.0853 e. The predicted molar refractivity (Wildman–Crippen MR) is 59.8 cm³/mol. The molecule has 1 aliphatic carbocycles. The van der Waals surface area contributed by atoms with Gasteiger partial charge in [-0.1, -0.05) is 45.8 Å². The maximum absolute atomic E-state index is 2.48. The van der Waals surface area contributed by atoms with Crippen LogP contribution in [0.1, 0.15) is 59.8 Å². The van der Waals surface area contributed by atoms with E-state index in [1.54, 1.807) is 5.57 Å². The molecule has 1 atom stereocenters. The summed E-state index contributed by atoms with van der Waals surface area (Å²) in [5, 5.41) is 0. The van der Waals surface area contributed by atoms with Crippen molar-refractivity contribution in [2.75, 3.05) is 0 Å². The van der Waals surface area contributed by atoms with Crippen LogP contribution in [0.4, 0.5) is 0 Å². The van der Waals surface area contributed by atoms with Gasteiger partial charge in [-0.3, -0.25) is 0 Å². The second-order valence-electron chi connectivity index (χ2n) is 5.46. The van der Waals surface area contributed by atoms with Crippen LogP contribution < -0.4 is 0 Å². The minimum Gasteiger partial charge on any atom is -0.0853 e. The Kier molecular flexibility index (Phi) is 3.58. The summed E-state index contributed by atoms with van der Waals surface area (Å²) in [6.07, 6.45) is 9.19. The summed E-state index contributed by atoms with van der Waals surface area (Å²) < 4.78 is 0. The molecule has 1 aliphatic rings. The zero-order chi connectivity index (χ0) is 9.90. The Labute approximate surface area is 83.4 Å². The highest BCUT2D eigenvalue weighted by molar-refractivity contribution is 5.08. The Balaban J connectivity index is 2.52. The summed E-state index contributed by atoms with van der Waals surface area (Å²) in [5.41, 5.74) is 2.22. The molecule has 0 saturated carbocycles. The number of allylic oxidation sites excluding steroid dienone is 2. The van der Waals surface area contributed by atoms with Gasteiger partial charge in [-0.2, -0.15) is 0 Å². The van der Waals surface area contributed by atoms with Gasteiger partial charge in [-0.05, 0) is 37.0 Å². The van der Waals surface area contributed by atoms with Gasteiger partial charge < -0.3 is 0 Å². The van der Waals surface area contributed by atoms with Crippen molar-refractivity contribution in [1.82, 2.24) is 0 Å². The van der Waals surface area contributed by atoms with E-state index in [0.29, 0.717) is 5.41 Å². The topological polar surface area (TPSA) is 0 Å². The second-order valence-corrected chi connectivity index (χ2v) is 5.46. The van der Waals surface area contributed by atoms with Gasteiger partial charge in [-0.15, -0.1) is 0 Å². The molecule has 0 heterocycles. The lowest BCUT2D eigenvalue weighted by atomic mass is 9.72. The first kappa shape index (κ1) is 10.8. The van der Waals surface area contributed by atoms with Crippen LogP contribution in [-0.4, -0.2) is 0 Å². The molecule has 0 N–H and O–H groups in total. The van der Waals surface area contributed by atoms with Gasteiger partial charge in [0, 0.05) is 0 Å². The quantitative estimate of drug-likeness (QED) is 0.546. The Morgan fingerprint density at radius 2 is 2.08 bits per heavy atom. The molecule has 0 spiro atoms. The van der Waals surface area contributed by atoms with Crippen molar-refractivity contribution in [3.8, 4) is 0 Å². The Hall–Kier alpha value is -0.260. The van der Waals surface area contributed by atoms with Crippen molar-refractivity contribution in [2.24, 2.45) is 11.3 Å². The first-order valence-electron chi connectivity index (χ1n) is 5.72. The molecule has 0 aromatic rings. The van der Waals surface area contributed by atoms with Crippen LogP contribution in [0.2, 0.25) is 0 Å². The maximum atomic E-state index is 2.48. The maximum Gasteiger partial charge on any atom is -0.0287 e. The van der Waals surface area contributed by atoms with E-state index >= 15 is 0 Å². The van der Waals surface area contributed by atoms with E-state index in [2.05, 4.69) is 33.8 Å². The predicted octanol–water partition coefficient (Wildman–Crippen LogP) is 4.56. The average molecular weight is 180 g/mol. The smallest absolute Gasteiger partial charge is 0.0287 e. The minimum atomic E-state index is 0.507. The van der Waals surface area contributed by atoms with Gasteiger partial charge >= 0.3 is 0 Å². The van der Waals surface area contributed by atoms with Crippen LogP contribution in [0.3, 0.4) is 0 Å². The molecule has 13 heavy (non-hydrogen) atoms. The molecule has 0 aromatic heterocycles. The normalized spacial score (nSPS) is 24.3. The Bertz CT molecular complexity index is 181. The first-order chi connectivity index (χ1) is 6.04. The lowest BCUT2D eigenvalue weighted by Crippen LogP contribution is -2.22. The molecule has 0 aliphatic heterocycles. The molecular formula is C13H24. The van der Waals surface area contributed by atoms with Crippen molar-refractivity contribution in [3.05, 3.63) is 11.6 Å². The third kappa shape index (κ3) is 3.17. The van der Waals surface area contributed by atoms with Crippen molar-refractivity contribution in [2.45, 2.75) is 59.8 Å². The van der Waals surface area contributed by atoms with Gasteiger partial charge in [0.05, 0.1) is 0 Å². The van der Waals surface area contributed by atoms with E-state index in [-0.39, 0.29) is 0 Å². The van der Waals surface area contributed by atoms with E-state index in [1.165, 1.54) is 32.1 Å². The molecule has 0 fully saturated rings. The van der Waals surface area contributed by atoms with E-state index < -0.39 is 0 Å². The summed E-state index contributed by atoms with van der Waals surface area (Å²) in [6, 6.07) is 0. The molecule has 0 bridgehead atoms. The van der Waals surface area contributed by atoms with E-state index in [0.717, 1.165) is 5.92 Å². The van der Waals surface area contributed by atoms with Crippen molar-refractivity contribution in [1.29, 1.82) is 0 Å². The van der Waals surface area contributed by atoms with Crippen molar-refractivity contribution >= 4 is 0 Å². The van der Waals surface area contributed by atoms with E-state index in [1.807, 2.05) is 0 Å². The summed E-state index contributed by atoms with van der Waals surface area (Å²) in [7, 11) is 0. The lowest BCUT2D eigenvalue weighted by Gasteiger charge is -2.34. The third-order valence-corrected chi connectivity index (χ3v) is 3.25. The molecular weight excluding hydrogens is 156 g/mol. The number of hydrogen-bond donors (Lipinski definition) is 0. The summed E-state index contributed by atoms with van der Waals surface area (Å²) in [6.45, 7) is 9.42. The van der Waals surface area contributed by atoms with Gasteiger partial charge in [0.25, 0.3) is 0 Å². The monoisotopic (exact) mass is 180 g/mol. The molecule has 1 unspecified atom stereocenters. The number of hydrogen-bond acceptors (Lipinski definition) is 0. The highest BCUT2D eigenvalue weighted by Gasteiger charge is 2.26. The van der Waals surface area contributed by atoms with E-state index in [4.69, 9.17) is 0 Å². The van der Waals surface area contributed by atoms with Gasteiger partial charge in [0.1, 0.15) is 0 Å². The van der Waals surface area contributed by atoms with Gasteiger partial charge in [0.2, 0.25) is 0 Å². The van der Waals surface area contributed by atoms with Crippen LogP contribution >= 0.6 is 0 Å². The highest BCUT2D eigenvalue weighted by Crippen LogP contribution is 2.38. The fraction of sp³-hybridized carbons (Fsp3) is 0.846. The molecule has 0 nitrogen and oxygen atoms in total. The average Bonchev–Trinajstić information content (AvgIpc) is 2.04. The van der Waals surface area contributed by atoms with Crippen LogP contribution in [-0.2, 0) is 0 Å². The zero-order valence-electron chi connectivity index (χ0n) is 9.69. The number of rotatable bonds is 2. The van der Waals surface area contributed by atoms with Gasteiger partial charge in [0.15, 0.2) is 0 Å². The minimum absolute atomic E-state index is 0.507. The Morgan fingerprint density at radius 1 is 1.38 bits per heavy atom. The summed E-state index contributed by atoms with van der Waals surface area (Å²) >= 11 is 0. The molecule has 0 amide bonds. The highest BCUT2D eigenvalue weighted by atomic mass is 14.3.